The molecule has 0 aromatic heterocycles. The monoisotopic (exact) mass is 291 g/mol. The molecule has 1 aromatic carbocycles. The number of likely N-dealkylation sites (N-methyl/N-ethyl adjacent to an activating group) is 1. The second-order valence-electron chi connectivity index (χ2n) is 6.21. The summed E-state index contributed by atoms with van der Waals surface area (Å²) in [4.78, 5) is 4.80. The van der Waals surface area contributed by atoms with Crippen molar-refractivity contribution in [3.05, 3.63) is 29.8 Å². The van der Waals surface area contributed by atoms with Gasteiger partial charge in [0, 0.05) is 19.6 Å². The first-order valence-electron chi connectivity index (χ1n) is 7.96. The largest absolute Gasteiger partial charge is 0.492 e. The van der Waals surface area contributed by atoms with Gasteiger partial charge in [0.05, 0.1) is 0 Å². The molecule has 1 heterocycles. The van der Waals surface area contributed by atoms with E-state index >= 15 is 0 Å². The number of hydrogen-bond acceptors (Lipinski definition) is 4. The molecule has 0 spiro atoms. The van der Waals surface area contributed by atoms with Crippen LogP contribution in [0.5, 0.6) is 5.75 Å². The molecule has 4 nitrogen and oxygen atoms in total. The van der Waals surface area contributed by atoms with Gasteiger partial charge >= 0.3 is 0 Å². The molecule has 0 aliphatic carbocycles. The molecule has 0 bridgehead atoms. The first-order valence-corrected chi connectivity index (χ1v) is 7.96. The maximum atomic E-state index is 5.81. The highest BCUT2D eigenvalue weighted by Gasteiger charge is 2.20. The number of benzene rings is 1. The smallest absolute Gasteiger partial charge is 0.119 e. The van der Waals surface area contributed by atoms with Gasteiger partial charge in [-0.2, -0.15) is 0 Å². The molecule has 1 fully saturated rings. The van der Waals surface area contributed by atoms with E-state index in [4.69, 9.17) is 10.5 Å². The number of nitrogens with two attached hydrogens (primary N) is 1. The number of nitrogens with zero attached hydrogens (tertiary/aromatic N) is 2. The van der Waals surface area contributed by atoms with E-state index in [1.54, 1.807) is 0 Å². The Morgan fingerprint density at radius 1 is 1.33 bits per heavy atom. The zero-order chi connectivity index (χ0) is 15.1. The summed E-state index contributed by atoms with van der Waals surface area (Å²) in [5.74, 6) is 1.76. The maximum absolute atomic E-state index is 5.81. The van der Waals surface area contributed by atoms with Gasteiger partial charge in [0.2, 0.25) is 0 Å². The molecule has 4 heteroatoms. The highest BCUT2D eigenvalue weighted by molar-refractivity contribution is 5.27. The van der Waals surface area contributed by atoms with Crippen molar-refractivity contribution in [3.63, 3.8) is 0 Å². The molecule has 1 aliphatic rings. The van der Waals surface area contributed by atoms with E-state index in [0.717, 1.165) is 31.2 Å². The molecule has 118 valence electrons. The summed E-state index contributed by atoms with van der Waals surface area (Å²) in [5.41, 5.74) is 6.82. The van der Waals surface area contributed by atoms with Crippen LogP contribution in [0.4, 0.5) is 0 Å². The van der Waals surface area contributed by atoms with Crippen molar-refractivity contribution in [1.29, 1.82) is 0 Å². The lowest BCUT2D eigenvalue weighted by Crippen LogP contribution is -2.30. The van der Waals surface area contributed by atoms with Crippen LogP contribution in [0.2, 0.25) is 0 Å². The Morgan fingerprint density at radius 3 is 2.71 bits per heavy atom. The van der Waals surface area contributed by atoms with Crippen molar-refractivity contribution in [2.24, 2.45) is 11.7 Å². The van der Waals surface area contributed by atoms with Crippen molar-refractivity contribution < 1.29 is 4.74 Å². The van der Waals surface area contributed by atoms with Crippen LogP contribution in [0.3, 0.4) is 0 Å². The zero-order valence-corrected chi connectivity index (χ0v) is 13.4. The standard InChI is InChI=1S/C17H29N3O/c1-19-10-8-16(13-19)14-20(2)11-12-21-17-5-3-15(4-6-17)7-9-18/h3-6,16H,7-14,18H2,1-2H3. The molecule has 1 aliphatic heterocycles. The summed E-state index contributed by atoms with van der Waals surface area (Å²) in [6.45, 7) is 6.06. The summed E-state index contributed by atoms with van der Waals surface area (Å²) in [7, 11) is 4.39. The predicted molar refractivity (Wildman–Crippen MR) is 87.8 cm³/mol. The number of likely N-dealkylation sites (tertiary alicyclic amines) is 1. The fraction of sp³-hybridized carbons (Fsp3) is 0.647. The molecular formula is C17H29N3O. The molecule has 0 saturated carbocycles. The van der Waals surface area contributed by atoms with Crippen LogP contribution in [0.1, 0.15) is 12.0 Å². The third-order valence-electron chi connectivity index (χ3n) is 4.16. The van der Waals surface area contributed by atoms with Gasteiger partial charge in [0.1, 0.15) is 12.4 Å². The summed E-state index contributed by atoms with van der Waals surface area (Å²) >= 11 is 0. The van der Waals surface area contributed by atoms with Crippen LogP contribution in [-0.2, 0) is 6.42 Å². The van der Waals surface area contributed by atoms with Crippen LogP contribution in [-0.4, -0.2) is 63.2 Å². The first-order chi connectivity index (χ1) is 10.2. The van der Waals surface area contributed by atoms with E-state index in [1.807, 2.05) is 12.1 Å². The van der Waals surface area contributed by atoms with Crippen molar-refractivity contribution in [3.8, 4) is 5.75 Å². The molecule has 2 rings (SSSR count). The van der Waals surface area contributed by atoms with E-state index in [1.165, 1.54) is 31.6 Å². The van der Waals surface area contributed by atoms with Gasteiger partial charge in [-0.05, 0) is 63.6 Å². The minimum Gasteiger partial charge on any atom is -0.492 e. The van der Waals surface area contributed by atoms with Gasteiger partial charge in [-0.15, -0.1) is 0 Å². The van der Waals surface area contributed by atoms with E-state index in [2.05, 4.69) is 36.0 Å². The predicted octanol–water partition coefficient (Wildman–Crippen LogP) is 1.45. The highest BCUT2D eigenvalue weighted by atomic mass is 16.5. The van der Waals surface area contributed by atoms with E-state index < -0.39 is 0 Å². The quantitative estimate of drug-likeness (QED) is 0.787. The Hall–Kier alpha value is -1.10. The first kappa shape index (κ1) is 16.3. The van der Waals surface area contributed by atoms with Gasteiger partial charge < -0.3 is 20.3 Å². The average molecular weight is 291 g/mol. The Bertz CT molecular complexity index is 407. The van der Waals surface area contributed by atoms with Crippen LogP contribution in [0.15, 0.2) is 24.3 Å². The molecule has 1 atom stereocenters. The zero-order valence-electron chi connectivity index (χ0n) is 13.4. The minimum atomic E-state index is 0.696. The molecule has 2 N–H and O–H groups in total. The molecule has 0 amide bonds. The van der Waals surface area contributed by atoms with Crippen molar-refractivity contribution >= 4 is 0 Å². The van der Waals surface area contributed by atoms with Gasteiger partial charge in [-0.3, -0.25) is 0 Å². The second-order valence-corrected chi connectivity index (χ2v) is 6.21. The van der Waals surface area contributed by atoms with E-state index in [9.17, 15) is 0 Å². The van der Waals surface area contributed by atoms with Gasteiger partial charge in [0.15, 0.2) is 0 Å². The topological polar surface area (TPSA) is 41.7 Å². The van der Waals surface area contributed by atoms with Crippen LogP contribution in [0, 0.1) is 5.92 Å². The molecule has 1 unspecified atom stereocenters. The summed E-state index contributed by atoms with van der Waals surface area (Å²) in [5, 5.41) is 0. The van der Waals surface area contributed by atoms with Crippen LogP contribution in [0.25, 0.3) is 0 Å². The lowest BCUT2D eigenvalue weighted by Gasteiger charge is -2.21. The molecular weight excluding hydrogens is 262 g/mol. The van der Waals surface area contributed by atoms with Crippen LogP contribution < -0.4 is 10.5 Å². The SMILES string of the molecule is CN(CCOc1ccc(CCN)cc1)CC1CCN(C)C1. The number of ether oxygens (including phenoxy) is 1. The summed E-state index contributed by atoms with van der Waals surface area (Å²) in [6.07, 6.45) is 2.25. The minimum absolute atomic E-state index is 0.696. The Kier molecular flexibility index (Phi) is 6.49. The molecule has 21 heavy (non-hydrogen) atoms. The summed E-state index contributed by atoms with van der Waals surface area (Å²) < 4.78 is 5.81. The normalized spacial score (nSPS) is 19.3. The summed E-state index contributed by atoms with van der Waals surface area (Å²) in [6, 6.07) is 8.27. The number of rotatable bonds is 8. The van der Waals surface area contributed by atoms with Crippen molar-refractivity contribution in [1.82, 2.24) is 9.80 Å². The third-order valence-corrected chi connectivity index (χ3v) is 4.16. The van der Waals surface area contributed by atoms with Crippen molar-refractivity contribution in [2.45, 2.75) is 12.8 Å². The Morgan fingerprint density at radius 2 is 2.10 bits per heavy atom. The van der Waals surface area contributed by atoms with E-state index in [0.29, 0.717) is 6.54 Å². The van der Waals surface area contributed by atoms with Crippen LogP contribution >= 0.6 is 0 Å². The lowest BCUT2D eigenvalue weighted by atomic mass is 10.1. The number of hydrogen-bond donors (Lipinski definition) is 1. The second kappa shape index (κ2) is 8.37. The van der Waals surface area contributed by atoms with E-state index in [-0.39, 0.29) is 0 Å². The molecule has 1 saturated heterocycles. The molecule has 0 radical (unpaired) electrons. The third kappa shape index (κ3) is 5.65. The van der Waals surface area contributed by atoms with Gasteiger partial charge in [-0.25, -0.2) is 0 Å². The maximum Gasteiger partial charge on any atom is 0.119 e. The fourth-order valence-electron chi connectivity index (χ4n) is 2.95. The Labute approximate surface area is 128 Å². The van der Waals surface area contributed by atoms with Crippen molar-refractivity contribution in [2.75, 3.05) is 53.4 Å². The highest BCUT2D eigenvalue weighted by Crippen LogP contribution is 2.15. The van der Waals surface area contributed by atoms with Gasteiger partial charge in [0.25, 0.3) is 0 Å². The average Bonchev–Trinajstić information content (AvgIpc) is 2.86. The fourth-order valence-corrected chi connectivity index (χ4v) is 2.95. The van der Waals surface area contributed by atoms with Gasteiger partial charge in [-0.1, -0.05) is 12.1 Å². The molecule has 1 aromatic rings. The lowest BCUT2D eigenvalue weighted by molar-refractivity contribution is 0.215. The Balaban J connectivity index is 1.64.